The molecule has 0 bridgehead atoms. The van der Waals surface area contributed by atoms with Gasteiger partial charge in [-0.05, 0) is 0 Å². The second-order valence-electron chi connectivity index (χ2n) is 1.82. The summed E-state index contributed by atoms with van der Waals surface area (Å²) in [5.74, 6) is 0. The molecule has 1 radical (unpaired) electrons. The summed E-state index contributed by atoms with van der Waals surface area (Å²) in [5.41, 5.74) is 0. The van der Waals surface area contributed by atoms with Crippen LogP contribution >= 0.6 is 0 Å². The van der Waals surface area contributed by atoms with Gasteiger partial charge in [-0.3, -0.25) is 0 Å². The first-order chi connectivity index (χ1) is 5.41. The van der Waals surface area contributed by atoms with Crippen molar-refractivity contribution in [3.05, 3.63) is 0 Å². The Morgan fingerprint density at radius 2 is 1.23 bits per heavy atom. The predicted octanol–water partition coefficient (Wildman–Crippen LogP) is -1.63. The van der Waals surface area contributed by atoms with Crippen LogP contribution in [0.3, 0.4) is 0 Å². The topological polar surface area (TPSA) is 68.4 Å². The molecule has 2 N–H and O–H groups in total. The second-order valence-corrected chi connectivity index (χ2v) is 2.68. The third kappa shape index (κ3) is 19.7. The number of hydrogen-bond donors (Lipinski definition) is 0. The van der Waals surface area contributed by atoms with Crippen molar-refractivity contribution in [2.45, 2.75) is 0 Å². The van der Waals surface area contributed by atoms with Crippen LogP contribution in [0.5, 0.6) is 0 Å². The molecule has 0 aromatic carbocycles. The third-order valence-corrected chi connectivity index (χ3v) is 1.69. The molecule has 0 saturated heterocycles. The third-order valence-electron chi connectivity index (χ3n) is 0.947. The van der Waals surface area contributed by atoms with E-state index in [-0.39, 0.29) is 50.9 Å². The van der Waals surface area contributed by atoms with E-state index in [9.17, 15) is 0 Å². The van der Waals surface area contributed by atoms with E-state index in [4.69, 9.17) is 17.1 Å². The molecule has 0 rings (SSSR count). The zero-order valence-corrected chi connectivity index (χ0v) is 8.69. The molecule has 7 heteroatoms. The van der Waals surface area contributed by atoms with E-state index in [1.807, 2.05) is 0 Å². The van der Waals surface area contributed by atoms with E-state index in [1.165, 1.54) is 0 Å². The standard InChI is InChI=1S/2C3H7O2.Al.Na.H2O.H/c2*1-5-3-2-4;;;;/h2*2-3H2,1H3;;;1H2;/q2*-1;+2;;;. The minimum atomic E-state index is -0.349. The molecule has 13 heavy (non-hydrogen) atoms. The average molecular weight is 219 g/mol. The quantitative estimate of drug-likeness (QED) is 0.363. The maximum absolute atomic E-state index is 5.10. The van der Waals surface area contributed by atoms with Crippen LogP contribution in [0.1, 0.15) is 0 Å². The van der Waals surface area contributed by atoms with E-state index in [0.717, 1.165) is 0 Å². The molecule has 0 fully saturated rings. The Balaban J connectivity index is -0.000000500. The van der Waals surface area contributed by atoms with Crippen molar-refractivity contribution >= 4 is 45.4 Å². The van der Waals surface area contributed by atoms with Gasteiger partial charge in [0.15, 0.2) is 0 Å². The Morgan fingerprint density at radius 1 is 0.846 bits per heavy atom. The Kier molecular flexibility index (Phi) is 29.0. The van der Waals surface area contributed by atoms with Gasteiger partial charge >= 0.3 is 45.4 Å². The molecule has 0 aliphatic heterocycles. The normalized spacial score (nSPS) is 8.46. The van der Waals surface area contributed by atoms with Crippen LogP contribution < -0.4 is 0 Å². The van der Waals surface area contributed by atoms with Crippen molar-refractivity contribution in [2.75, 3.05) is 40.6 Å². The van der Waals surface area contributed by atoms with E-state index in [2.05, 4.69) is 0 Å². The van der Waals surface area contributed by atoms with Gasteiger partial charge in [0.05, 0.1) is 13.2 Å². The van der Waals surface area contributed by atoms with Crippen molar-refractivity contribution in [2.24, 2.45) is 0 Å². The van der Waals surface area contributed by atoms with Gasteiger partial charge in [-0.1, -0.05) is 0 Å². The summed E-state index contributed by atoms with van der Waals surface area (Å²) >= 11 is -0.349. The first-order valence-corrected chi connectivity index (χ1v) is 4.39. The number of rotatable bonds is 8. The number of methoxy groups -OCH3 is 2. The van der Waals surface area contributed by atoms with Gasteiger partial charge in [-0.15, -0.1) is 0 Å². The Hall–Kier alpha value is 1.33. The van der Waals surface area contributed by atoms with Gasteiger partial charge in [-0.2, -0.15) is 0 Å². The van der Waals surface area contributed by atoms with Crippen molar-refractivity contribution in [1.29, 1.82) is 0 Å². The first-order valence-electron chi connectivity index (χ1n) is 3.44. The van der Waals surface area contributed by atoms with Crippen molar-refractivity contribution in [3.63, 3.8) is 0 Å². The van der Waals surface area contributed by atoms with Gasteiger partial charge in [0.1, 0.15) is 0 Å². The Bertz CT molecular complexity index is 70.0. The molecule has 5 nitrogen and oxygen atoms in total. The SMILES string of the molecule is COCC[O][Al][O]CCOC.O.[NaH]. The molecule has 0 aromatic rings. The van der Waals surface area contributed by atoms with Crippen molar-refractivity contribution in [1.82, 2.24) is 0 Å². The molecule has 0 aromatic heterocycles. The van der Waals surface area contributed by atoms with E-state index >= 15 is 0 Å². The summed E-state index contributed by atoms with van der Waals surface area (Å²) in [6.07, 6.45) is 0. The molecule has 0 atom stereocenters. The van der Waals surface area contributed by atoms with Crippen molar-refractivity contribution in [3.8, 4) is 0 Å². The summed E-state index contributed by atoms with van der Waals surface area (Å²) in [6, 6.07) is 0. The summed E-state index contributed by atoms with van der Waals surface area (Å²) < 4.78 is 19.8. The fourth-order valence-electron chi connectivity index (χ4n) is 0.407. The van der Waals surface area contributed by atoms with Gasteiger partial charge < -0.3 is 22.5 Å². The monoisotopic (exact) mass is 219 g/mol. The Morgan fingerprint density at radius 3 is 1.54 bits per heavy atom. The molecule has 0 aliphatic carbocycles. The minimum absolute atomic E-state index is 0. The molecular weight excluding hydrogens is 202 g/mol. The summed E-state index contributed by atoms with van der Waals surface area (Å²) in [7, 11) is 3.29. The summed E-state index contributed by atoms with van der Waals surface area (Å²) in [6.45, 7) is 2.47. The van der Waals surface area contributed by atoms with Crippen LogP contribution in [0.4, 0.5) is 0 Å². The van der Waals surface area contributed by atoms with Gasteiger partial charge in [0.2, 0.25) is 0 Å². The average Bonchev–Trinajstić information content (AvgIpc) is 2.03. The zero-order valence-electron chi connectivity index (χ0n) is 7.54. The molecule has 0 unspecified atom stereocenters. The number of hydrogen-bond acceptors (Lipinski definition) is 4. The Labute approximate surface area is 108 Å². The molecule has 0 saturated carbocycles. The first kappa shape index (κ1) is 19.8. The predicted molar refractivity (Wildman–Crippen MR) is 52.2 cm³/mol. The van der Waals surface area contributed by atoms with Gasteiger partial charge in [0, 0.05) is 27.4 Å². The van der Waals surface area contributed by atoms with Gasteiger partial charge in [-0.25, -0.2) is 0 Å². The fourth-order valence-corrected chi connectivity index (χ4v) is 0.888. The molecule has 0 spiro atoms. The molecule has 75 valence electrons. The van der Waals surface area contributed by atoms with Gasteiger partial charge in [0.25, 0.3) is 0 Å². The van der Waals surface area contributed by atoms with Crippen LogP contribution in [0.15, 0.2) is 0 Å². The van der Waals surface area contributed by atoms with Crippen LogP contribution in [-0.2, 0) is 17.1 Å². The van der Waals surface area contributed by atoms with Crippen LogP contribution in [-0.4, -0.2) is 91.6 Å². The van der Waals surface area contributed by atoms with Crippen molar-refractivity contribution < 1.29 is 22.5 Å². The van der Waals surface area contributed by atoms with Crippen LogP contribution in [0, 0.1) is 0 Å². The summed E-state index contributed by atoms with van der Waals surface area (Å²) in [4.78, 5) is 0. The molecular formula is C6H17AlNaO5. The van der Waals surface area contributed by atoms with Crippen LogP contribution in [0.25, 0.3) is 0 Å². The second kappa shape index (κ2) is 19.0. The zero-order chi connectivity index (χ0) is 8.36. The van der Waals surface area contributed by atoms with Crippen LogP contribution in [0.2, 0.25) is 0 Å². The van der Waals surface area contributed by atoms with E-state index < -0.39 is 0 Å². The maximum atomic E-state index is 5.10. The fraction of sp³-hybridized carbons (Fsp3) is 1.00. The summed E-state index contributed by atoms with van der Waals surface area (Å²) in [5, 5.41) is 0. The molecule has 0 amide bonds. The molecule has 0 aliphatic rings. The molecule has 0 heterocycles. The number of ether oxygens (including phenoxy) is 2. The van der Waals surface area contributed by atoms with E-state index in [0.29, 0.717) is 26.4 Å². The van der Waals surface area contributed by atoms with E-state index in [1.54, 1.807) is 14.2 Å².